The normalized spacial score (nSPS) is 12.4. The van der Waals surface area contributed by atoms with E-state index < -0.39 is 0 Å². The van der Waals surface area contributed by atoms with Crippen LogP contribution < -0.4 is 5.73 Å². The third-order valence-corrected chi connectivity index (χ3v) is 2.93. The van der Waals surface area contributed by atoms with Crippen molar-refractivity contribution in [3.05, 3.63) is 0 Å². The number of nitrogens with zero attached hydrogens (tertiary/aromatic N) is 1. The van der Waals surface area contributed by atoms with Gasteiger partial charge in [-0.1, -0.05) is 12.8 Å². The van der Waals surface area contributed by atoms with Gasteiger partial charge in [0.25, 0.3) is 0 Å². The Labute approximate surface area is 88.3 Å². The zero-order valence-corrected chi connectivity index (χ0v) is 9.92. The molecule has 0 spiro atoms. The maximum atomic E-state index is 8.62. The lowest BCUT2D eigenvalue weighted by Crippen LogP contribution is -2.47. The minimum Gasteiger partial charge on any atom is -0.396 e. The van der Waals surface area contributed by atoms with Crippen LogP contribution in [0.15, 0.2) is 0 Å². The molecule has 14 heavy (non-hydrogen) atoms. The fourth-order valence-corrected chi connectivity index (χ4v) is 1.27. The van der Waals surface area contributed by atoms with Crippen LogP contribution in [0.4, 0.5) is 0 Å². The van der Waals surface area contributed by atoms with Crippen molar-refractivity contribution < 1.29 is 5.11 Å². The van der Waals surface area contributed by atoms with Crippen molar-refractivity contribution in [2.75, 3.05) is 26.7 Å². The summed E-state index contributed by atoms with van der Waals surface area (Å²) in [6.45, 7) is 6.45. The Balaban J connectivity index is 3.48. The molecular weight excluding hydrogens is 176 g/mol. The molecule has 0 aliphatic heterocycles. The summed E-state index contributed by atoms with van der Waals surface area (Å²) in [5.74, 6) is 0. The molecule has 0 rings (SSSR count). The summed E-state index contributed by atoms with van der Waals surface area (Å²) in [5.41, 5.74) is 5.79. The van der Waals surface area contributed by atoms with Gasteiger partial charge in [0.15, 0.2) is 0 Å². The minimum atomic E-state index is 0.108. The summed E-state index contributed by atoms with van der Waals surface area (Å²) in [6, 6.07) is 0. The molecule has 0 fully saturated rings. The summed E-state index contributed by atoms with van der Waals surface area (Å²) in [7, 11) is 2.12. The zero-order chi connectivity index (χ0) is 11.0. The monoisotopic (exact) mass is 202 g/mol. The molecule has 3 nitrogen and oxygen atoms in total. The second kappa shape index (κ2) is 7.21. The van der Waals surface area contributed by atoms with E-state index in [2.05, 4.69) is 25.8 Å². The highest BCUT2D eigenvalue weighted by atomic mass is 16.2. The third kappa shape index (κ3) is 5.58. The Morgan fingerprint density at radius 1 is 1.14 bits per heavy atom. The summed E-state index contributed by atoms with van der Waals surface area (Å²) in [5, 5.41) is 8.62. The molecule has 0 aliphatic carbocycles. The van der Waals surface area contributed by atoms with Gasteiger partial charge in [-0.2, -0.15) is 0 Å². The van der Waals surface area contributed by atoms with Gasteiger partial charge in [-0.25, -0.2) is 0 Å². The highest BCUT2D eigenvalue weighted by Crippen LogP contribution is 2.11. The van der Waals surface area contributed by atoms with Crippen molar-refractivity contribution >= 4 is 0 Å². The molecule has 0 unspecified atom stereocenters. The van der Waals surface area contributed by atoms with Gasteiger partial charge in [0.1, 0.15) is 0 Å². The molecule has 0 amide bonds. The number of unbranched alkanes of at least 4 members (excludes halogenated alkanes) is 3. The highest BCUT2D eigenvalue weighted by Gasteiger charge is 2.20. The van der Waals surface area contributed by atoms with Crippen LogP contribution >= 0.6 is 0 Å². The van der Waals surface area contributed by atoms with Crippen molar-refractivity contribution in [3.63, 3.8) is 0 Å². The van der Waals surface area contributed by atoms with Gasteiger partial charge in [0.2, 0.25) is 0 Å². The molecule has 0 radical (unpaired) electrons. The van der Waals surface area contributed by atoms with E-state index in [-0.39, 0.29) is 5.54 Å². The van der Waals surface area contributed by atoms with E-state index in [0.29, 0.717) is 13.2 Å². The summed E-state index contributed by atoms with van der Waals surface area (Å²) in [4.78, 5) is 2.31. The third-order valence-electron chi connectivity index (χ3n) is 2.93. The van der Waals surface area contributed by atoms with E-state index in [9.17, 15) is 0 Å². The van der Waals surface area contributed by atoms with Crippen LogP contribution in [0, 0.1) is 0 Å². The second-order valence-electron chi connectivity index (χ2n) is 4.58. The maximum absolute atomic E-state index is 8.62. The van der Waals surface area contributed by atoms with E-state index in [4.69, 9.17) is 10.8 Å². The van der Waals surface area contributed by atoms with Crippen molar-refractivity contribution in [3.8, 4) is 0 Å². The standard InChI is InChI=1S/C11H26N2O/c1-11(2,10-12)13(3)8-6-4-5-7-9-14/h14H,4-10,12H2,1-3H3. The van der Waals surface area contributed by atoms with Crippen LogP contribution in [0.3, 0.4) is 0 Å². The van der Waals surface area contributed by atoms with Crippen molar-refractivity contribution in [2.45, 2.75) is 45.1 Å². The minimum absolute atomic E-state index is 0.108. The average molecular weight is 202 g/mol. The van der Waals surface area contributed by atoms with E-state index in [1.807, 2.05) is 0 Å². The van der Waals surface area contributed by atoms with Crippen molar-refractivity contribution in [1.29, 1.82) is 0 Å². The van der Waals surface area contributed by atoms with E-state index in [1.165, 1.54) is 12.8 Å². The molecule has 0 saturated heterocycles. The van der Waals surface area contributed by atoms with Crippen LogP contribution in [0.2, 0.25) is 0 Å². The quantitative estimate of drug-likeness (QED) is 0.582. The van der Waals surface area contributed by atoms with E-state index >= 15 is 0 Å². The summed E-state index contributed by atoms with van der Waals surface area (Å²) < 4.78 is 0. The van der Waals surface area contributed by atoms with Crippen LogP contribution in [-0.4, -0.2) is 42.3 Å². The fourth-order valence-electron chi connectivity index (χ4n) is 1.27. The van der Waals surface area contributed by atoms with E-state index in [0.717, 1.165) is 19.4 Å². The lowest BCUT2D eigenvalue weighted by Gasteiger charge is -2.34. The summed E-state index contributed by atoms with van der Waals surface area (Å²) in [6.07, 6.45) is 4.46. The smallest absolute Gasteiger partial charge is 0.0431 e. The summed E-state index contributed by atoms with van der Waals surface area (Å²) >= 11 is 0. The predicted octanol–water partition coefficient (Wildman–Crippen LogP) is 1.21. The number of likely N-dealkylation sites (N-methyl/N-ethyl adjacent to an activating group) is 1. The number of hydrogen-bond acceptors (Lipinski definition) is 3. The van der Waals surface area contributed by atoms with Crippen LogP contribution in [-0.2, 0) is 0 Å². The zero-order valence-electron chi connectivity index (χ0n) is 9.92. The first-order valence-electron chi connectivity index (χ1n) is 5.57. The first kappa shape index (κ1) is 13.9. The predicted molar refractivity (Wildman–Crippen MR) is 61.3 cm³/mol. The number of nitrogens with two attached hydrogens (primary N) is 1. The first-order chi connectivity index (χ1) is 6.54. The molecule has 3 heteroatoms. The molecule has 0 aromatic carbocycles. The first-order valence-corrected chi connectivity index (χ1v) is 5.57. The molecular formula is C11H26N2O. The number of rotatable bonds is 8. The van der Waals surface area contributed by atoms with Crippen LogP contribution in [0.25, 0.3) is 0 Å². The lowest BCUT2D eigenvalue weighted by molar-refractivity contribution is 0.160. The Morgan fingerprint density at radius 3 is 2.21 bits per heavy atom. The maximum Gasteiger partial charge on any atom is 0.0431 e. The van der Waals surface area contributed by atoms with Gasteiger partial charge >= 0.3 is 0 Å². The van der Waals surface area contributed by atoms with Crippen molar-refractivity contribution in [1.82, 2.24) is 4.90 Å². The Bertz CT molecular complexity index is 137. The Kier molecular flexibility index (Phi) is 7.15. The molecule has 0 saturated carbocycles. The molecule has 0 atom stereocenters. The molecule has 0 heterocycles. The number of aliphatic hydroxyl groups excluding tert-OH is 1. The molecule has 0 aliphatic rings. The Hall–Kier alpha value is -0.120. The topological polar surface area (TPSA) is 49.5 Å². The van der Waals surface area contributed by atoms with Gasteiger partial charge in [0, 0.05) is 18.7 Å². The lowest BCUT2D eigenvalue weighted by atomic mass is 10.0. The highest BCUT2D eigenvalue weighted by molar-refractivity contribution is 4.79. The van der Waals surface area contributed by atoms with Crippen LogP contribution in [0.1, 0.15) is 39.5 Å². The second-order valence-corrected chi connectivity index (χ2v) is 4.58. The molecule has 0 aromatic heterocycles. The molecule has 3 N–H and O–H groups in total. The van der Waals surface area contributed by atoms with Crippen molar-refractivity contribution in [2.24, 2.45) is 5.73 Å². The number of aliphatic hydroxyl groups is 1. The average Bonchev–Trinajstić information content (AvgIpc) is 2.17. The largest absolute Gasteiger partial charge is 0.396 e. The van der Waals surface area contributed by atoms with Crippen LogP contribution in [0.5, 0.6) is 0 Å². The fraction of sp³-hybridized carbons (Fsp3) is 1.00. The Morgan fingerprint density at radius 2 is 1.71 bits per heavy atom. The van der Waals surface area contributed by atoms with Gasteiger partial charge in [-0.15, -0.1) is 0 Å². The molecule has 0 bridgehead atoms. The van der Waals surface area contributed by atoms with Gasteiger partial charge < -0.3 is 10.8 Å². The van der Waals surface area contributed by atoms with Gasteiger partial charge in [0.05, 0.1) is 0 Å². The van der Waals surface area contributed by atoms with Gasteiger partial charge in [-0.05, 0) is 40.3 Å². The SMILES string of the molecule is CN(CCCCCCO)C(C)(C)CN. The molecule has 86 valence electrons. The van der Waals surface area contributed by atoms with E-state index in [1.54, 1.807) is 0 Å². The van der Waals surface area contributed by atoms with Gasteiger partial charge in [-0.3, -0.25) is 4.90 Å². The number of hydrogen-bond donors (Lipinski definition) is 2. The molecule has 0 aromatic rings.